The molecule has 5 rings (SSSR count). The van der Waals surface area contributed by atoms with E-state index in [1.165, 1.54) is 6.92 Å². The van der Waals surface area contributed by atoms with Crippen molar-refractivity contribution in [2.24, 2.45) is 0 Å². The maximum Gasteiger partial charge on any atom is 0.459 e. The number of rotatable bonds is 10. The van der Waals surface area contributed by atoms with Gasteiger partial charge in [0.05, 0.1) is 12.7 Å². The Morgan fingerprint density at radius 3 is 2.62 bits per heavy atom. The van der Waals surface area contributed by atoms with Gasteiger partial charge in [-0.25, -0.2) is 9.55 Å². The third kappa shape index (κ3) is 6.35. The summed E-state index contributed by atoms with van der Waals surface area (Å²) >= 11 is 0. The van der Waals surface area contributed by atoms with Crippen molar-refractivity contribution in [2.45, 2.75) is 77.0 Å². The van der Waals surface area contributed by atoms with E-state index in [0.29, 0.717) is 5.75 Å². The Balaban J connectivity index is 1.35. The fourth-order valence-electron chi connectivity index (χ4n) is 4.70. The summed E-state index contributed by atoms with van der Waals surface area (Å²) < 4.78 is 51.5. The third-order valence-electron chi connectivity index (χ3n) is 6.32. The monoisotopic (exact) mass is 559 g/mol. The third-order valence-corrected chi connectivity index (χ3v) is 7.97. The first kappa shape index (κ1) is 27.8. The van der Waals surface area contributed by atoms with E-state index < -0.39 is 50.0 Å². The molecule has 2 aromatic heterocycles. The highest BCUT2D eigenvalue weighted by Crippen LogP contribution is 2.49. The molecule has 3 aromatic rings. The number of aromatic nitrogens is 2. The molecule has 1 N–H and O–H groups in total. The number of esters is 1. The van der Waals surface area contributed by atoms with E-state index in [0.717, 1.165) is 11.2 Å². The highest BCUT2D eigenvalue weighted by molar-refractivity contribution is 7.52. The van der Waals surface area contributed by atoms with Crippen LogP contribution in [0.25, 0.3) is 5.65 Å². The molecule has 0 amide bonds. The summed E-state index contributed by atoms with van der Waals surface area (Å²) in [7, 11) is -4.07. The number of ether oxygens (including phenoxy) is 4. The molecule has 210 valence electrons. The van der Waals surface area contributed by atoms with Gasteiger partial charge in [0, 0.05) is 24.2 Å². The average Bonchev–Trinajstić information content (AvgIpc) is 3.55. The highest BCUT2D eigenvalue weighted by Gasteiger charge is 2.56. The van der Waals surface area contributed by atoms with E-state index in [9.17, 15) is 9.36 Å². The van der Waals surface area contributed by atoms with Gasteiger partial charge in [0.15, 0.2) is 5.79 Å². The molecule has 2 aliphatic heterocycles. The summed E-state index contributed by atoms with van der Waals surface area (Å²) in [6.07, 6.45) is 3.19. The zero-order valence-corrected chi connectivity index (χ0v) is 23.4. The standard InChI is InChI=1S/C27H34N3O8P/c1-17(2)34-26(31)18(3)29-39(32,38-20-9-7-6-8-10-20)33-16-21-24-25(37-27(4,5)36-24)23(35-21)19-11-12-22-28-13-14-30(22)15-19/h6-15,17-18,21,23-25H,16H2,1-5H3,(H,29,32)/t18-,21+,23-,24+,25-,39-/m0/s1. The van der Waals surface area contributed by atoms with Crippen molar-refractivity contribution in [3.05, 3.63) is 66.6 Å². The maximum absolute atomic E-state index is 13.9. The molecule has 1 aromatic carbocycles. The van der Waals surface area contributed by atoms with E-state index in [1.807, 2.05) is 48.8 Å². The summed E-state index contributed by atoms with van der Waals surface area (Å²) in [5, 5.41) is 2.71. The highest BCUT2D eigenvalue weighted by atomic mass is 31.2. The van der Waals surface area contributed by atoms with Crippen LogP contribution in [-0.4, -0.2) is 58.2 Å². The van der Waals surface area contributed by atoms with Gasteiger partial charge in [-0.3, -0.25) is 9.32 Å². The molecule has 2 fully saturated rings. The number of benzene rings is 1. The maximum atomic E-state index is 13.9. The fourth-order valence-corrected chi connectivity index (χ4v) is 6.20. The average molecular weight is 560 g/mol. The molecule has 11 nitrogen and oxygen atoms in total. The van der Waals surface area contributed by atoms with Crippen LogP contribution in [0.1, 0.15) is 46.3 Å². The number of imidazole rings is 1. The number of carbonyl (C=O) groups is 1. The molecule has 0 spiro atoms. The molecule has 0 bridgehead atoms. The predicted octanol–water partition coefficient (Wildman–Crippen LogP) is 4.43. The van der Waals surface area contributed by atoms with E-state index in [2.05, 4.69) is 10.1 Å². The Bertz CT molecular complexity index is 1350. The van der Waals surface area contributed by atoms with Crippen molar-refractivity contribution in [2.75, 3.05) is 6.61 Å². The second-order valence-corrected chi connectivity index (χ2v) is 12.0. The van der Waals surface area contributed by atoms with Gasteiger partial charge in [0.2, 0.25) is 0 Å². The zero-order chi connectivity index (χ0) is 27.8. The molecule has 4 heterocycles. The summed E-state index contributed by atoms with van der Waals surface area (Å²) in [5.41, 5.74) is 1.69. The van der Waals surface area contributed by atoms with Crippen molar-refractivity contribution in [3.63, 3.8) is 0 Å². The molecule has 2 saturated heterocycles. The van der Waals surface area contributed by atoms with Crippen molar-refractivity contribution in [3.8, 4) is 5.75 Å². The first-order chi connectivity index (χ1) is 18.5. The van der Waals surface area contributed by atoms with E-state index in [4.69, 9.17) is 28.0 Å². The molecule has 0 saturated carbocycles. The molecule has 0 aliphatic carbocycles. The Morgan fingerprint density at radius 2 is 1.87 bits per heavy atom. The van der Waals surface area contributed by atoms with E-state index in [1.54, 1.807) is 44.3 Å². The fraction of sp³-hybridized carbons (Fsp3) is 0.481. The molecule has 12 heteroatoms. The number of carbonyl (C=O) groups excluding carboxylic acids is 1. The van der Waals surface area contributed by atoms with Crippen molar-refractivity contribution in [1.29, 1.82) is 0 Å². The van der Waals surface area contributed by atoms with Crippen LogP contribution >= 0.6 is 7.75 Å². The lowest BCUT2D eigenvalue weighted by molar-refractivity contribution is -0.190. The minimum atomic E-state index is -4.07. The lowest BCUT2D eigenvalue weighted by Crippen LogP contribution is -2.38. The minimum Gasteiger partial charge on any atom is -0.462 e. The van der Waals surface area contributed by atoms with Gasteiger partial charge in [-0.1, -0.05) is 24.3 Å². The number of hydrogen-bond acceptors (Lipinski definition) is 9. The second kappa shape index (κ2) is 11.0. The van der Waals surface area contributed by atoms with Crippen LogP contribution < -0.4 is 9.61 Å². The van der Waals surface area contributed by atoms with Gasteiger partial charge in [-0.15, -0.1) is 0 Å². The summed E-state index contributed by atoms with van der Waals surface area (Å²) in [6.45, 7) is 8.55. The van der Waals surface area contributed by atoms with Gasteiger partial charge in [-0.2, -0.15) is 5.09 Å². The normalized spacial score (nSPS) is 26.3. The van der Waals surface area contributed by atoms with Crippen molar-refractivity contribution < 1.29 is 37.4 Å². The predicted molar refractivity (Wildman–Crippen MR) is 141 cm³/mol. The summed E-state index contributed by atoms with van der Waals surface area (Å²) in [4.78, 5) is 16.7. The number of hydrogen-bond donors (Lipinski definition) is 1. The van der Waals surface area contributed by atoms with Crippen LogP contribution in [0.4, 0.5) is 0 Å². The van der Waals surface area contributed by atoms with E-state index >= 15 is 0 Å². The number of nitrogens with one attached hydrogen (secondary N) is 1. The molecule has 6 atom stereocenters. The second-order valence-electron chi connectivity index (χ2n) is 10.3. The minimum absolute atomic E-state index is 0.145. The lowest BCUT2D eigenvalue weighted by atomic mass is 10.0. The molecule has 2 aliphatic rings. The number of pyridine rings is 1. The van der Waals surface area contributed by atoms with Gasteiger partial charge in [-0.05, 0) is 52.8 Å². The first-order valence-electron chi connectivity index (χ1n) is 12.9. The van der Waals surface area contributed by atoms with Crippen LogP contribution in [-0.2, 0) is 32.8 Å². The van der Waals surface area contributed by atoms with Crippen LogP contribution in [0.2, 0.25) is 0 Å². The Hall–Kier alpha value is -2.79. The van der Waals surface area contributed by atoms with Crippen molar-refractivity contribution in [1.82, 2.24) is 14.5 Å². The van der Waals surface area contributed by atoms with Crippen LogP contribution in [0.15, 0.2) is 61.1 Å². The van der Waals surface area contributed by atoms with Gasteiger partial charge in [0.1, 0.15) is 41.9 Å². The van der Waals surface area contributed by atoms with Crippen LogP contribution in [0.3, 0.4) is 0 Å². The van der Waals surface area contributed by atoms with Crippen LogP contribution in [0.5, 0.6) is 5.75 Å². The Labute approximate surface area is 227 Å². The molecule has 0 radical (unpaired) electrons. The molecular weight excluding hydrogens is 525 g/mol. The molecule has 39 heavy (non-hydrogen) atoms. The quantitative estimate of drug-likeness (QED) is 0.282. The number of para-hydroxylation sites is 1. The summed E-state index contributed by atoms with van der Waals surface area (Å²) in [5.74, 6) is -1.10. The van der Waals surface area contributed by atoms with Crippen LogP contribution in [0, 0.1) is 0 Å². The first-order valence-corrected chi connectivity index (χ1v) is 14.5. The van der Waals surface area contributed by atoms with Crippen molar-refractivity contribution >= 4 is 19.4 Å². The number of fused-ring (bicyclic) bond motifs is 2. The summed E-state index contributed by atoms with van der Waals surface area (Å²) in [6, 6.07) is 11.5. The zero-order valence-electron chi connectivity index (χ0n) is 22.6. The Kier molecular flexibility index (Phi) is 7.83. The molecule has 0 unspecified atom stereocenters. The Morgan fingerprint density at radius 1 is 1.13 bits per heavy atom. The van der Waals surface area contributed by atoms with E-state index in [-0.39, 0.29) is 12.7 Å². The van der Waals surface area contributed by atoms with Gasteiger partial charge >= 0.3 is 13.7 Å². The van der Waals surface area contributed by atoms with Gasteiger partial charge < -0.3 is 27.9 Å². The topological polar surface area (TPSA) is 119 Å². The van der Waals surface area contributed by atoms with Gasteiger partial charge in [0.25, 0.3) is 0 Å². The lowest BCUT2D eigenvalue weighted by Gasteiger charge is -2.26. The smallest absolute Gasteiger partial charge is 0.459 e. The largest absolute Gasteiger partial charge is 0.462 e. The SMILES string of the molecule is CC(C)OC(=O)[C@H](C)N[P@](=O)(OC[C@H]1O[C@@H](c2ccc3nccn3c2)[C@@H]2OC(C)(C)O[C@@H]21)Oc1ccccc1. The number of nitrogens with zero attached hydrogens (tertiary/aromatic N) is 2. The molecular formula is C27H34N3O8P.